The first-order chi connectivity index (χ1) is 8.08. The molecule has 17 heavy (non-hydrogen) atoms. The lowest BCUT2D eigenvalue weighted by Gasteiger charge is -2.05. The molecule has 2 heterocycles. The van der Waals surface area contributed by atoms with Crippen LogP contribution in [0.15, 0.2) is 0 Å². The van der Waals surface area contributed by atoms with E-state index in [-0.39, 0.29) is 0 Å². The van der Waals surface area contributed by atoms with Gasteiger partial charge in [-0.05, 0) is 6.92 Å². The number of rotatable bonds is 3. The second-order valence-electron chi connectivity index (χ2n) is 4.01. The van der Waals surface area contributed by atoms with E-state index in [4.69, 9.17) is 5.73 Å². The topological polar surface area (TPSA) is 74.6 Å². The van der Waals surface area contributed by atoms with Gasteiger partial charge >= 0.3 is 0 Å². The Morgan fingerprint density at radius 3 is 2.35 bits per heavy atom. The smallest absolute Gasteiger partial charge is 0.177 e. The fraction of sp³-hybridized carbons (Fsp3) is 0.545. The Kier molecular flexibility index (Phi) is 2.87. The molecule has 2 N–H and O–H groups in total. The number of hydrogen-bond donors (Lipinski definition) is 1. The first-order valence-electron chi connectivity index (χ1n) is 5.82. The van der Waals surface area contributed by atoms with Crippen LogP contribution in [0.5, 0.6) is 0 Å². The third-order valence-corrected chi connectivity index (χ3v) is 2.79. The molecule has 6 nitrogen and oxygen atoms in total. The number of nitrogens with zero attached hydrogens (tertiary/aromatic N) is 5. The Hall–Kier alpha value is -1.85. The van der Waals surface area contributed by atoms with E-state index in [2.05, 4.69) is 22.1 Å². The first-order valence-corrected chi connectivity index (χ1v) is 5.82. The number of aromatic nitrogens is 5. The van der Waals surface area contributed by atoms with E-state index < -0.39 is 0 Å². The summed E-state index contributed by atoms with van der Waals surface area (Å²) in [4.78, 5) is 4.47. The van der Waals surface area contributed by atoms with Crippen molar-refractivity contribution in [2.24, 2.45) is 7.05 Å². The molecule has 0 unspecified atom stereocenters. The van der Waals surface area contributed by atoms with Gasteiger partial charge in [0.1, 0.15) is 5.82 Å². The van der Waals surface area contributed by atoms with Crippen molar-refractivity contribution in [2.45, 2.75) is 33.6 Å². The molecule has 0 aliphatic carbocycles. The van der Waals surface area contributed by atoms with E-state index in [1.54, 1.807) is 9.36 Å². The van der Waals surface area contributed by atoms with Crippen LogP contribution in [0.2, 0.25) is 0 Å². The molecule has 0 saturated heterocycles. The number of hydrogen-bond acceptors (Lipinski definition) is 4. The van der Waals surface area contributed by atoms with Crippen molar-refractivity contribution in [1.29, 1.82) is 0 Å². The van der Waals surface area contributed by atoms with Crippen LogP contribution in [0.25, 0.3) is 5.82 Å². The predicted molar refractivity (Wildman–Crippen MR) is 66.0 cm³/mol. The van der Waals surface area contributed by atoms with Crippen LogP contribution in [-0.2, 0) is 19.9 Å². The number of nitrogen functional groups attached to an aromatic ring is 1. The largest absolute Gasteiger partial charge is 0.394 e. The van der Waals surface area contributed by atoms with Crippen molar-refractivity contribution in [2.75, 3.05) is 5.73 Å². The summed E-state index contributed by atoms with van der Waals surface area (Å²) in [5, 5.41) is 8.77. The molecule has 2 rings (SSSR count). The minimum absolute atomic E-state index is 0.662. The lowest BCUT2D eigenvalue weighted by Crippen LogP contribution is -2.10. The molecule has 0 aliphatic heterocycles. The molecule has 0 saturated carbocycles. The summed E-state index contributed by atoms with van der Waals surface area (Å²) in [5.41, 5.74) is 7.52. The molecule has 0 bridgehead atoms. The number of anilines is 1. The minimum atomic E-state index is 0.662. The van der Waals surface area contributed by atoms with Crippen molar-refractivity contribution in [3.8, 4) is 5.82 Å². The van der Waals surface area contributed by atoms with Crippen LogP contribution < -0.4 is 5.73 Å². The van der Waals surface area contributed by atoms with Crippen LogP contribution in [0.1, 0.15) is 31.2 Å². The van der Waals surface area contributed by atoms with Crippen LogP contribution in [-0.4, -0.2) is 24.5 Å². The van der Waals surface area contributed by atoms with Crippen LogP contribution in [0, 0.1) is 6.92 Å². The molecule has 0 atom stereocenters. The van der Waals surface area contributed by atoms with Gasteiger partial charge in [-0.3, -0.25) is 0 Å². The molecule has 0 aromatic carbocycles. The highest BCUT2D eigenvalue weighted by Crippen LogP contribution is 2.20. The van der Waals surface area contributed by atoms with Crippen LogP contribution >= 0.6 is 0 Å². The second-order valence-corrected chi connectivity index (χ2v) is 4.01. The average molecular weight is 234 g/mol. The van der Waals surface area contributed by atoms with Gasteiger partial charge in [-0.15, -0.1) is 5.10 Å². The Morgan fingerprint density at radius 2 is 1.88 bits per heavy atom. The zero-order valence-corrected chi connectivity index (χ0v) is 10.7. The van der Waals surface area contributed by atoms with E-state index in [1.807, 2.05) is 20.9 Å². The molecular formula is C11H18N6. The molecule has 2 aromatic rings. The molecule has 92 valence electrons. The quantitative estimate of drug-likeness (QED) is 0.860. The van der Waals surface area contributed by atoms with Gasteiger partial charge < -0.3 is 5.73 Å². The van der Waals surface area contributed by atoms with E-state index in [9.17, 15) is 0 Å². The monoisotopic (exact) mass is 234 g/mol. The van der Waals surface area contributed by atoms with Crippen LogP contribution in [0.3, 0.4) is 0 Å². The molecule has 0 aliphatic rings. The molecule has 6 heteroatoms. The molecule has 0 spiro atoms. The second kappa shape index (κ2) is 4.20. The fourth-order valence-electron chi connectivity index (χ4n) is 1.85. The molecule has 2 aromatic heterocycles. The van der Waals surface area contributed by atoms with Gasteiger partial charge in [-0.1, -0.05) is 13.8 Å². The standard InChI is InChI=1S/C11H18N6/c1-5-8-13-9(6-2)17(15-8)11-10(12)7(3)14-16(11)4/h5-6,12H2,1-4H3. The highest BCUT2D eigenvalue weighted by molar-refractivity contribution is 5.57. The fourth-order valence-corrected chi connectivity index (χ4v) is 1.85. The van der Waals surface area contributed by atoms with Crippen molar-refractivity contribution in [1.82, 2.24) is 24.5 Å². The maximum absolute atomic E-state index is 6.04. The van der Waals surface area contributed by atoms with E-state index in [0.29, 0.717) is 5.69 Å². The maximum atomic E-state index is 6.04. The third kappa shape index (κ3) is 1.79. The van der Waals surface area contributed by atoms with E-state index in [1.165, 1.54) is 0 Å². The van der Waals surface area contributed by atoms with Crippen molar-refractivity contribution in [3.63, 3.8) is 0 Å². The average Bonchev–Trinajstić information content (AvgIpc) is 2.81. The summed E-state index contributed by atoms with van der Waals surface area (Å²) in [6, 6.07) is 0. The van der Waals surface area contributed by atoms with Gasteiger partial charge in [0.25, 0.3) is 0 Å². The zero-order chi connectivity index (χ0) is 12.6. The first kappa shape index (κ1) is 11.6. The summed E-state index contributed by atoms with van der Waals surface area (Å²) >= 11 is 0. The van der Waals surface area contributed by atoms with Crippen molar-refractivity contribution >= 4 is 5.69 Å². The SMILES string of the molecule is CCc1nc(CC)n(-c2c(N)c(C)nn2C)n1. The maximum Gasteiger partial charge on any atom is 0.177 e. The Bertz CT molecular complexity index is 536. The van der Waals surface area contributed by atoms with Gasteiger partial charge in [0.05, 0.1) is 11.4 Å². The summed E-state index contributed by atoms with van der Waals surface area (Å²) in [6.07, 6.45) is 1.63. The van der Waals surface area contributed by atoms with Gasteiger partial charge in [-0.2, -0.15) is 9.78 Å². The molecular weight excluding hydrogens is 216 g/mol. The van der Waals surface area contributed by atoms with E-state index >= 15 is 0 Å². The van der Waals surface area contributed by atoms with Crippen LogP contribution in [0.4, 0.5) is 5.69 Å². The van der Waals surface area contributed by atoms with Gasteiger partial charge in [0.15, 0.2) is 11.6 Å². The van der Waals surface area contributed by atoms with Gasteiger partial charge in [0.2, 0.25) is 0 Å². The highest BCUT2D eigenvalue weighted by Gasteiger charge is 2.17. The van der Waals surface area contributed by atoms with Crippen molar-refractivity contribution < 1.29 is 0 Å². The molecule has 0 radical (unpaired) electrons. The Morgan fingerprint density at radius 1 is 1.18 bits per heavy atom. The van der Waals surface area contributed by atoms with Crippen molar-refractivity contribution in [3.05, 3.63) is 17.3 Å². The normalized spacial score (nSPS) is 11.1. The number of aryl methyl sites for hydroxylation is 4. The van der Waals surface area contributed by atoms with Gasteiger partial charge in [-0.25, -0.2) is 9.67 Å². The lowest BCUT2D eigenvalue weighted by molar-refractivity contribution is 0.672. The third-order valence-electron chi connectivity index (χ3n) is 2.79. The summed E-state index contributed by atoms with van der Waals surface area (Å²) in [5.74, 6) is 2.54. The summed E-state index contributed by atoms with van der Waals surface area (Å²) < 4.78 is 3.55. The Balaban J connectivity index is 2.62. The van der Waals surface area contributed by atoms with E-state index in [0.717, 1.165) is 36.0 Å². The Labute approximate surface area is 100 Å². The predicted octanol–water partition coefficient (Wildman–Crippen LogP) is 1.02. The number of nitrogens with two attached hydrogens (primary N) is 1. The summed E-state index contributed by atoms with van der Waals surface area (Å²) in [6.45, 7) is 5.98. The molecule has 0 amide bonds. The summed E-state index contributed by atoms with van der Waals surface area (Å²) in [7, 11) is 1.87. The lowest BCUT2D eigenvalue weighted by atomic mass is 10.4. The minimum Gasteiger partial charge on any atom is -0.394 e. The highest BCUT2D eigenvalue weighted by atomic mass is 15.4. The van der Waals surface area contributed by atoms with Gasteiger partial charge in [0, 0.05) is 19.9 Å². The zero-order valence-electron chi connectivity index (χ0n) is 10.7. The molecule has 0 fully saturated rings.